The summed E-state index contributed by atoms with van der Waals surface area (Å²) in [5.41, 5.74) is -0.162. The minimum atomic E-state index is -4.25. The molecule has 24 heavy (non-hydrogen) atoms. The maximum atomic E-state index is 14.2. The van der Waals surface area contributed by atoms with Crippen molar-refractivity contribution < 1.29 is 22.3 Å². The molecule has 0 radical (unpaired) electrons. The lowest BCUT2D eigenvalue weighted by Crippen LogP contribution is -2.49. The number of sulfonamides is 1. The Balaban J connectivity index is 2.24. The molecule has 1 heterocycles. The van der Waals surface area contributed by atoms with Crippen molar-refractivity contribution in [2.24, 2.45) is 0 Å². The van der Waals surface area contributed by atoms with E-state index in [1.807, 2.05) is 0 Å². The summed E-state index contributed by atoms with van der Waals surface area (Å²) >= 11 is 3.10. The Hall–Kier alpha value is -2.13. The molecule has 0 aromatic heterocycles. The number of carbonyl (C=O) groups excluding carboxylic acids is 1. The fourth-order valence-corrected chi connectivity index (χ4v) is 4.39. The largest absolute Gasteiger partial charge is 0.497 e. The van der Waals surface area contributed by atoms with Crippen molar-refractivity contribution in [3.63, 3.8) is 0 Å². The molecule has 0 bridgehead atoms. The molecule has 0 aliphatic carbocycles. The number of anilines is 2. The number of halogens is 2. The van der Waals surface area contributed by atoms with Crippen molar-refractivity contribution >= 4 is 43.4 Å². The second-order valence-electron chi connectivity index (χ2n) is 5.04. The van der Waals surface area contributed by atoms with Crippen molar-refractivity contribution in [3.05, 3.63) is 46.7 Å². The van der Waals surface area contributed by atoms with Gasteiger partial charge in [0.25, 0.3) is 10.0 Å². The molecule has 1 aliphatic heterocycles. The molecular formula is C15H12BrFN2O4S. The zero-order chi connectivity index (χ0) is 17.6. The summed E-state index contributed by atoms with van der Waals surface area (Å²) in [6.07, 6.45) is 0. The van der Waals surface area contributed by atoms with Crippen LogP contribution in [0.1, 0.15) is 0 Å². The summed E-state index contributed by atoms with van der Waals surface area (Å²) in [5, 5.41) is 0. The summed E-state index contributed by atoms with van der Waals surface area (Å²) in [6, 6.07) is 7.16. The van der Waals surface area contributed by atoms with Gasteiger partial charge in [-0.2, -0.15) is 4.31 Å². The minimum absolute atomic E-state index is 0.104. The summed E-state index contributed by atoms with van der Waals surface area (Å²) in [7, 11) is -1.40. The first-order valence-corrected chi connectivity index (χ1v) is 8.97. The highest BCUT2D eigenvalue weighted by Crippen LogP contribution is 2.39. The number of nitrogens with zero attached hydrogens (tertiary/aromatic N) is 2. The zero-order valence-corrected chi connectivity index (χ0v) is 15.1. The van der Waals surface area contributed by atoms with Crippen LogP contribution < -0.4 is 13.9 Å². The highest BCUT2D eigenvalue weighted by atomic mass is 79.9. The minimum Gasteiger partial charge on any atom is -0.497 e. The Morgan fingerprint density at radius 3 is 2.46 bits per heavy atom. The van der Waals surface area contributed by atoms with Crippen molar-refractivity contribution in [2.75, 3.05) is 23.4 Å². The van der Waals surface area contributed by atoms with E-state index in [0.29, 0.717) is 14.5 Å². The van der Waals surface area contributed by atoms with Crippen LogP contribution in [0.15, 0.2) is 45.8 Å². The molecule has 1 aliphatic rings. The van der Waals surface area contributed by atoms with Crippen LogP contribution in [0.4, 0.5) is 20.6 Å². The van der Waals surface area contributed by atoms with Crippen LogP contribution >= 0.6 is 15.9 Å². The third kappa shape index (κ3) is 2.44. The van der Waals surface area contributed by atoms with Gasteiger partial charge in [0.15, 0.2) is 0 Å². The maximum absolute atomic E-state index is 14.2. The Morgan fingerprint density at radius 2 is 1.83 bits per heavy atom. The summed E-state index contributed by atoms with van der Waals surface area (Å²) < 4.78 is 45.9. The molecule has 2 amide bonds. The van der Waals surface area contributed by atoms with E-state index in [0.717, 1.165) is 11.0 Å². The molecule has 0 N–H and O–H groups in total. The molecule has 2 aromatic carbocycles. The van der Waals surface area contributed by atoms with Gasteiger partial charge < -0.3 is 4.74 Å². The van der Waals surface area contributed by atoms with E-state index in [1.54, 1.807) is 0 Å². The number of fused-ring (bicyclic) bond motifs is 1. The van der Waals surface area contributed by atoms with Crippen LogP contribution in [-0.2, 0) is 10.0 Å². The fourth-order valence-electron chi connectivity index (χ4n) is 2.42. The number of carbonyl (C=O) groups is 1. The SMILES string of the molecule is COc1ccc2c(c1)N(C)C(=O)N(c1ccc(Br)cc1F)S2(=O)=O. The monoisotopic (exact) mass is 414 g/mol. The van der Waals surface area contributed by atoms with Gasteiger partial charge >= 0.3 is 6.03 Å². The first-order valence-electron chi connectivity index (χ1n) is 6.73. The number of hydrogen-bond acceptors (Lipinski definition) is 4. The molecule has 6 nitrogen and oxygen atoms in total. The number of hydrogen-bond donors (Lipinski definition) is 0. The highest BCUT2D eigenvalue weighted by Gasteiger charge is 2.42. The average molecular weight is 415 g/mol. The number of urea groups is 1. The maximum Gasteiger partial charge on any atom is 0.343 e. The molecule has 0 atom stereocenters. The third-order valence-corrected chi connectivity index (χ3v) is 5.86. The van der Waals surface area contributed by atoms with E-state index in [-0.39, 0.29) is 16.3 Å². The highest BCUT2D eigenvalue weighted by molar-refractivity contribution is 9.10. The van der Waals surface area contributed by atoms with E-state index in [4.69, 9.17) is 4.74 Å². The van der Waals surface area contributed by atoms with Gasteiger partial charge in [-0.1, -0.05) is 15.9 Å². The number of benzene rings is 2. The number of ether oxygens (including phenoxy) is 1. The fraction of sp³-hybridized carbons (Fsp3) is 0.133. The number of rotatable bonds is 2. The molecule has 0 spiro atoms. The molecule has 9 heteroatoms. The van der Waals surface area contributed by atoms with Crippen LogP contribution in [0.2, 0.25) is 0 Å². The van der Waals surface area contributed by atoms with E-state index >= 15 is 0 Å². The van der Waals surface area contributed by atoms with Crippen LogP contribution in [0.3, 0.4) is 0 Å². The zero-order valence-electron chi connectivity index (χ0n) is 12.7. The topological polar surface area (TPSA) is 66.9 Å². The van der Waals surface area contributed by atoms with E-state index < -0.39 is 21.9 Å². The Kier molecular flexibility index (Phi) is 4.00. The standard InChI is InChI=1S/C15H12BrFN2O4S/c1-18-13-8-10(23-2)4-6-14(13)24(21,22)19(15(18)20)12-5-3-9(16)7-11(12)17/h3-8H,1-2H3. The lowest BCUT2D eigenvalue weighted by molar-refractivity contribution is 0.255. The Bertz CT molecular complexity index is 948. The van der Waals surface area contributed by atoms with Gasteiger partial charge in [-0.05, 0) is 30.3 Å². The lowest BCUT2D eigenvalue weighted by Gasteiger charge is -2.34. The van der Waals surface area contributed by atoms with Crippen molar-refractivity contribution in [2.45, 2.75) is 4.90 Å². The summed E-state index contributed by atoms with van der Waals surface area (Å²) in [4.78, 5) is 13.6. The van der Waals surface area contributed by atoms with Gasteiger partial charge in [0.2, 0.25) is 0 Å². The van der Waals surface area contributed by atoms with E-state index in [1.165, 1.54) is 44.5 Å². The van der Waals surface area contributed by atoms with Gasteiger partial charge in [-0.25, -0.2) is 17.6 Å². The molecule has 0 fully saturated rings. The second-order valence-corrected chi connectivity index (χ2v) is 7.71. The molecular weight excluding hydrogens is 403 g/mol. The lowest BCUT2D eigenvalue weighted by atomic mass is 10.2. The Labute approximate surface area is 146 Å². The molecule has 126 valence electrons. The van der Waals surface area contributed by atoms with Gasteiger partial charge in [-0.3, -0.25) is 4.90 Å². The van der Waals surface area contributed by atoms with Crippen LogP contribution in [0.5, 0.6) is 5.75 Å². The number of methoxy groups -OCH3 is 1. The van der Waals surface area contributed by atoms with Crippen molar-refractivity contribution in [3.8, 4) is 5.75 Å². The van der Waals surface area contributed by atoms with Crippen LogP contribution in [0, 0.1) is 5.82 Å². The van der Waals surface area contributed by atoms with Crippen molar-refractivity contribution in [1.29, 1.82) is 0 Å². The predicted octanol–water partition coefficient (Wildman–Crippen LogP) is 3.36. The van der Waals surface area contributed by atoms with Gasteiger partial charge in [0.05, 0.1) is 18.5 Å². The average Bonchev–Trinajstić information content (AvgIpc) is 2.54. The Morgan fingerprint density at radius 1 is 1.12 bits per heavy atom. The van der Waals surface area contributed by atoms with Gasteiger partial charge in [0.1, 0.15) is 16.5 Å². The molecule has 2 aromatic rings. The van der Waals surface area contributed by atoms with Crippen molar-refractivity contribution in [1.82, 2.24) is 0 Å². The third-order valence-electron chi connectivity index (χ3n) is 3.63. The van der Waals surface area contributed by atoms with E-state index in [2.05, 4.69) is 15.9 Å². The van der Waals surface area contributed by atoms with E-state index in [9.17, 15) is 17.6 Å². The predicted molar refractivity (Wildman–Crippen MR) is 90.6 cm³/mol. The van der Waals surface area contributed by atoms with Crippen LogP contribution in [0.25, 0.3) is 0 Å². The molecule has 3 rings (SSSR count). The molecule has 0 saturated carbocycles. The first-order chi connectivity index (χ1) is 11.3. The molecule has 0 unspecified atom stereocenters. The van der Waals surface area contributed by atoms with Gasteiger partial charge in [-0.15, -0.1) is 0 Å². The molecule has 0 saturated heterocycles. The van der Waals surface area contributed by atoms with Gasteiger partial charge in [0, 0.05) is 17.6 Å². The smallest absolute Gasteiger partial charge is 0.343 e. The quantitative estimate of drug-likeness (QED) is 0.755. The first kappa shape index (κ1) is 16.7. The summed E-state index contributed by atoms with van der Waals surface area (Å²) in [6.45, 7) is 0. The summed E-state index contributed by atoms with van der Waals surface area (Å²) in [5.74, 6) is -0.418. The normalized spacial score (nSPS) is 16.1. The number of amides is 2. The van der Waals surface area contributed by atoms with Crippen LogP contribution in [-0.4, -0.2) is 28.6 Å². The second kappa shape index (κ2) is 5.75.